The van der Waals surface area contributed by atoms with Gasteiger partial charge in [0.1, 0.15) is 0 Å². The normalized spacial score (nSPS) is 12.6. The third-order valence-electron chi connectivity index (χ3n) is 9.06. The maximum Gasteiger partial charge on any atom is 0.0547 e. The highest BCUT2D eigenvalue weighted by molar-refractivity contribution is 6.22. The molecule has 0 amide bonds. The summed E-state index contributed by atoms with van der Waals surface area (Å²) in [6.07, 6.45) is 0. The first-order valence-corrected chi connectivity index (χ1v) is 13.6. The second kappa shape index (κ2) is 6.83. The van der Waals surface area contributed by atoms with E-state index in [0.717, 1.165) is 0 Å². The fourth-order valence-electron chi connectivity index (χ4n) is 7.50. The van der Waals surface area contributed by atoms with E-state index in [2.05, 4.69) is 132 Å². The van der Waals surface area contributed by atoms with Crippen LogP contribution in [0.3, 0.4) is 0 Å². The van der Waals surface area contributed by atoms with Crippen LogP contribution in [-0.2, 0) is 0 Å². The Morgan fingerprint density at radius 1 is 0.333 bits per heavy atom. The summed E-state index contributed by atoms with van der Waals surface area (Å²) >= 11 is 0. The number of hydrogen-bond donors (Lipinski definition) is 0. The minimum atomic E-state index is 1.24. The zero-order valence-corrected chi connectivity index (χ0v) is 21.1. The van der Waals surface area contributed by atoms with E-state index in [1.807, 2.05) is 0 Å². The largest absolute Gasteiger partial charge is 0.309 e. The number of fused-ring (bicyclic) bond motifs is 9. The Morgan fingerprint density at radius 2 is 0.923 bits per heavy atom. The van der Waals surface area contributed by atoms with Gasteiger partial charge < -0.3 is 4.57 Å². The van der Waals surface area contributed by atoms with Gasteiger partial charge in [-0.2, -0.15) is 0 Å². The summed E-state index contributed by atoms with van der Waals surface area (Å²) in [4.78, 5) is 0. The van der Waals surface area contributed by atoms with Crippen LogP contribution < -0.4 is 0 Å². The standard InChI is InChI=1S/C38H21N/c1-2-11-24-23(10-1)26-15-7-16-30-35(19-18-29(24)38(26)30)39-34-17-4-3-12-25(34)33-20-31-27-13-5-8-22-9-6-14-28(37(22)27)32(31)21-36(33)39/h1-21H. The lowest BCUT2D eigenvalue weighted by atomic mass is 10.0. The highest BCUT2D eigenvalue weighted by atomic mass is 15.0. The van der Waals surface area contributed by atoms with Crippen LogP contribution in [0.2, 0.25) is 0 Å². The van der Waals surface area contributed by atoms with Crippen molar-refractivity contribution in [3.05, 3.63) is 127 Å². The van der Waals surface area contributed by atoms with E-state index in [1.54, 1.807) is 0 Å². The number of nitrogens with zero attached hydrogens (tertiary/aromatic N) is 1. The third-order valence-corrected chi connectivity index (χ3v) is 9.06. The van der Waals surface area contributed by atoms with Gasteiger partial charge in [0.25, 0.3) is 0 Å². The molecule has 7 aromatic carbocycles. The lowest BCUT2D eigenvalue weighted by Crippen LogP contribution is -1.96. The average molecular weight is 492 g/mol. The van der Waals surface area contributed by atoms with Crippen molar-refractivity contribution in [2.45, 2.75) is 0 Å². The molecule has 0 spiro atoms. The first-order chi connectivity index (χ1) is 19.4. The second-order valence-electron chi connectivity index (χ2n) is 10.9. The number of benzene rings is 7. The van der Waals surface area contributed by atoms with Gasteiger partial charge in [-0.1, -0.05) is 103 Å². The van der Waals surface area contributed by atoms with Gasteiger partial charge in [-0.3, -0.25) is 0 Å². The van der Waals surface area contributed by atoms with Crippen LogP contribution in [-0.4, -0.2) is 4.57 Å². The van der Waals surface area contributed by atoms with Crippen molar-refractivity contribution >= 4 is 43.4 Å². The zero-order valence-electron chi connectivity index (χ0n) is 21.1. The lowest BCUT2D eigenvalue weighted by Gasteiger charge is -2.14. The van der Waals surface area contributed by atoms with Crippen LogP contribution in [0.5, 0.6) is 0 Å². The number of aromatic nitrogens is 1. The van der Waals surface area contributed by atoms with E-state index >= 15 is 0 Å². The van der Waals surface area contributed by atoms with Gasteiger partial charge in [0.2, 0.25) is 0 Å². The first-order valence-electron chi connectivity index (χ1n) is 13.6. The molecule has 0 fully saturated rings. The first kappa shape index (κ1) is 19.9. The third kappa shape index (κ3) is 2.33. The molecule has 0 N–H and O–H groups in total. The van der Waals surface area contributed by atoms with Gasteiger partial charge in [-0.05, 0) is 84.9 Å². The Bertz CT molecular complexity index is 2350. The Balaban J connectivity index is 1.35. The molecule has 0 saturated carbocycles. The molecule has 0 atom stereocenters. The molecule has 1 aromatic heterocycles. The molecule has 8 aromatic rings. The molecule has 0 bridgehead atoms. The van der Waals surface area contributed by atoms with Gasteiger partial charge in [0, 0.05) is 16.2 Å². The predicted molar refractivity (Wildman–Crippen MR) is 165 cm³/mol. The van der Waals surface area contributed by atoms with Gasteiger partial charge in [-0.25, -0.2) is 0 Å². The van der Waals surface area contributed by atoms with E-state index in [-0.39, 0.29) is 0 Å². The van der Waals surface area contributed by atoms with Crippen LogP contribution in [0, 0.1) is 0 Å². The summed E-state index contributed by atoms with van der Waals surface area (Å²) in [6.45, 7) is 0. The number of para-hydroxylation sites is 1. The average Bonchev–Trinajstić information content (AvgIpc) is 3.61. The topological polar surface area (TPSA) is 4.93 Å². The van der Waals surface area contributed by atoms with Gasteiger partial charge in [-0.15, -0.1) is 0 Å². The van der Waals surface area contributed by atoms with E-state index < -0.39 is 0 Å². The Kier molecular flexibility index (Phi) is 3.49. The molecule has 1 heteroatoms. The fourth-order valence-corrected chi connectivity index (χ4v) is 7.50. The SMILES string of the molecule is c1ccc2c(c1)-c1cccc3c(-n4c5ccccc5c5cc6c(cc54)-c4cccc5cccc-6c45)ccc-2c13. The van der Waals surface area contributed by atoms with E-state index in [0.29, 0.717) is 0 Å². The molecule has 39 heavy (non-hydrogen) atoms. The summed E-state index contributed by atoms with van der Waals surface area (Å²) in [5, 5.41) is 7.95. The molecular weight excluding hydrogens is 470 g/mol. The molecule has 2 aliphatic carbocycles. The number of hydrogen-bond acceptors (Lipinski definition) is 0. The molecule has 2 aliphatic rings. The van der Waals surface area contributed by atoms with E-state index in [4.69, 9.17) is 0 Å². The smallest absolute Gasteiger partial charge is 0.0547 e. The molecule has 0 radical (unpaired) electrons. The molecule has 0 aliphatic heterocycles. The monoisotopic (exact) mass is 491 g/mol. The van der Waals surface area contributed by atoms with Gasteiger partial charge in [0.05, 0.1) is 16.7 Å². The highest BCUT2D eigenvalue weighted by Crippen LogP contribution is 2.51. The molecular formula is C38H21N. The van der Waals surface area contributed by atoms with Crippen LogP contribution in [0.15, 0.2) is 127 Å². The molecule has 1 heterocycles. The maximum atomic E-state index is 2.50. The quantitative estimate of drug-likeness (QED) is 0.215. The zero-order chi connectivity index (χ0) is 25.2. The van der Waals surface area contributed by atoms with Crippen LogP contribution in [0.25, 0.3) is 93.5 Å². The number of rotatable bonds is 1. The van der Waals surface area contributed by atoms with Gasteiger partial charge in [0.15, 0.2) is 0 Å². The van der Waals surface area contributed by atoms with Gasteiger partial charge >= 0.3 is 0 Å². The summed E-state index contributed by atoms with van der Waals surface area (Å²) in [6, 6.07) is 47.4. The maximum absolute atomic E-state index is 2.50. The minimum Gasteiger partial charge on any atom is -0.309 e. The van der Waals surface area contributed by atoms with Crippen molar-refractivity contribution in [2.24, 2.45) is 0 Å². The van der Waals surface area contributed by atoms with Crippen LogP contribution in [0.4, 0.5) is 0 Å². The molecule has 178 valence electrons. The van der Waals surface area contributed by atoms with Crippen molar-refractivity contribution in [3.8, 4) is 50.2 Å². The predicted octanol–water partition coefficient (Wildman–Crippen LogP) is 10.4. The summed E-state index contributed by atoms with van der Waals surface area (Å²) in [5.74, 6) is 0. The fraction of sp³-hybridized carbons (Fsp3) is 0. The molecule has 0 unspecified atom stereocenters. The Hall–Kier alpha value is -5.14. The molecule has 0 saturated heterocycles. The minimum absolute atomic E-state index is 1.24. The van der Waals surface area contributed by atoms with Crippen molar-refractivity contribution in [2.75, 3.05) is 0 Å². The van der Waals surface area contributed by atoms with Crippen LogP contribution in [0.1, 0.15) is 0 Å². The summed E-state index contributed by atoms with van der Waals surface area (Å²) in [5.41, 5.74) is 14.4. The second-order valence-corrected chi connectivity index (χ2v) is 10.9. The van der Waals surface area contributed by atoms with E-state index in [1.165, 1.54) is 93.5 Å². The Morgan fingerprint density at radius 3 is 1.72 bits per heavy atom. The van der Waals surface area contributed by atoms with E-state index in [9.17, 15) is 0 Å². The Labute approximate surface area is 225 Å². The van der Waals surface area contributed by atoms with Crippen molar-refractivity contribution in [1.29, 1.82) is 0 Å². The summed E-state index contributed by atoms with van der Waals surface area (Å²) in [7, 11) is 0. The highest BCUT2D eigenvalue weighted by Gasteiger charge is 2.26. The van der Waals surface area contributed by atoms with Crippen molar-refractivity contribution < 1.29 is 0 Å². The molecule has 10 rings (SSSR count). The molecule has 1 nitrogen and oxygen atoms in total. The van der Waals surface area contributed by atoms with Crippen molar-refractivity contribution in [1.82, 2.24) is 4.57 Å². The van der Waals surface area contributed by atoms with Crippen LogP contribution >= 0.6 is 0 Å². The van der Waals surface area contributed by atoms with Crippen molar-refractivity contribution in [3.63, 3.8) is 0 Å². The summed E-state index contributed by atoms with van der Waals surface area (Å²) < 4.78 is 2.50. The lowest BCUT2D eigenvalue weighted by molar-refractivity contribution is 1.20.